The van der Waals surface area contributed by atoms with Gasteiger partial charge in [0.2, 0.25) is 5.91 Å². The van der Waals surface area contributed by atoms with Crippen molar-refractivity contribution >= 4 is 17.5 Å². The van der Waals surface area contributed by atoms with Gasteiger partial charge in [-0.2, -0.15) is 0 Å². The molecule has 3 rings (SSSR count). The van der Waals surface area contributed by atoms with Gasteiger partial charge in [-0.15, -0.1) is 0 Å². The zero-order valence-corrected chi connectivity index (χ0v) is 18.1. The van der Waals surface area contributed by atoms with E-state index < -0.39 is 0 Å². The molecule has 2 amide bonds. The van der Waals surface area contributed by atoms with Crippen LogP contribution in [0, 0.1) is 0 Å². The number of nitrogens with one attached hydrogen (secondary N) is 1. The Morgan fingerprint density at radius 2 is 1.68 bits per heavy atom. The van der Waals surface area contributed by atoms with Crippen LogP contribution in [0.1, 0.15) is 19.3 Å². The van der Waals surface area contributed by atoms with Crippen LogP contribution in [0.2, 0.25) is 0 Å². The minimum absolute atomic E-state index is 0.106. The number of hydrogen-bond donors (Lipinski definition) is 1. The van der Waals surface area contributed by atoms with E-state index in [-0.39, 0.29) is 30.9 Å². The Bertz CT molecular complexity index is 913. The highest BCUT2D eigenvalue weighted by molar-refractivity contribution is 5.93. The van der Waals surface area contributed by atoms with E-state index in [4.69, 9.17) is 18.9 Å². The fourth-order valence-electron chi connectivity index (χ4n) is 3.19. The lowest BCUT2D eigenvalue weighted by molar-refractivity contribution is -0.134. The van der Waals surface area contributed by atoms with Crippen molar-refractivity contribution < 1.29 is 28.5 Å². The van der Waals surface area contributed by atoms with Crippen molar-refractivity contribution in [3.63, 3.8) is 0 Å². The highest BCUT2D eigenvalue weighted by Crippen LogP contribution is 2.30. The number of ether oxygens (including phenoxy) is 4. The number of benzene rings is 2. The number of amides is 2. The largest absolute Gasteiger partial charge is 0.497 e. The fourth-order valence-corrected chi connectivity index (χ4v) is 3.19. The number of rotatable bonds is 11. The molecule has 1 fully saturated rings. The van der Waals surface area contributed by atoms with Gasteiger partial charge < -0.3 is 29.2 Å². The van der Waals surface area contributed by atoms with E-state index in [1.54, 1.807) is 49.5 Å². The van der Waals surface area contributed by atoms with Crippen LogP contribution in [-0.2, 0) is 9.59 Å². The van der Waals surface area contributed by atoms with Gasteiger partial charge in [-0.25, -0.2) is 0 Å². The summed E-state index contributed by atoms with van der Waals surface area (Å²) >= 11 is 0. The molecule has 2 aromatic rings. The molecular weight excluding hydrogens is 400 g/mol. The van der Waals surface area contributed by atoms with E-state index in [0.29, 0.717) is 35.2 Å². The Morgan fingerprint density at radius 1 is 0.968 bits per heavy atom. The molecule has 0 saturated heterocycles. The molecule has 8 heteroatoms. The van der Waals surface area contributed by atoms with Crippen LogP contribution in [0.25, 0.3) is 0 Å². The Balaban J connectivity index is 1.54. The van der Waals surface area contributed by atoms with Crippen molar-refractivity contribution in [2.45, 2.75) is 25.3 Å². The van der Waals surface area contributed by atoms with Gasteiger partial charge in [0, 0.05) is 25.1 Å². The molecule has 0 aliphatic heterocycles. The summed E-state index contributed by atoms with van der Waals surface area (Å²) < 4.78 is 21.4. The molecule has 0 spiro atoms. The van der Waals surface area contributed by atoms with Crippen LogP contribution >= 0.6 is 0 Å². The maximum atomic E-state index is 12.7. The zero-order valence-electron chi connectivity index (χ0n) is 18.1. The minimum atomic E-state index is -0.201. The molecular formula is C23H28N2O6. The standard InChI is InChI=1S/C23H28N2O6/c1-28-17-10-11-18(21(14-17)30-3)24-22(26)12-13-25(16-8-9-16)23(27)15-31-20-7-5-4-6-19(20)29-2/h4-7,10-11,14,16H,8-9,12-13,15H2,1-3H3,(H,24,26). The molecule has 1 N–H and O–H groups in total. The third-order valence-corrected chi connectivity index (χ3v) is 4.99. The number of anilines is 1. The average Bonchev–Trinajstić information content (AvgIpc) is 3.63. The van der Waals surface area contributed by atoms with Gasteiger partial charge in [-0.05, 0) is 37.1 Å². The molecule has 0 aromatic heterocycles. The third kappa shape index (κ3) is 6.04. The Morgan fingerprint density at radius 3 is 2.32 bits per heavy atom. The number of carbonyl (C=O) groups excluding carboxylic acids is 2. The molecule has 1 aliphatic rings. The first-order valence-corrected chi connectivity index (χ1v) is 10.1. The van der Waals surface area contributed by atoms with E-state index in [2.05, 4.69) is 5.32 Å². The van der Waals surface area contributed by atoms with Gasteiger partial charge in [-0.3, -0.25) is 9.59 Å². The maximum absolute atomic E-state index is 12.7. The highest BCUT2D eigenvalue weighted by atomic mass is 16.5. The second-order valence-electron chi connectivity index (χ2n) is 7.12. The van der Waals surface area contributed by atoms with E-state index >= 15 is 0 Å². The monoisotopic (exact) mass is 428 g/mol. The third-order valence-electron chi connectivity index (χ3n) is 4.99. The van der Waals surface area contributed by atoms with Gasteiger partial charge in [0.1, 0.15) is 11.5 Å². The summed E-state index contributed by atoms with van der Waals surface area (Å²) in [6.45, 7) is 0.216. The lowest BCUT2D eigenvalue weighted by atomic mass is 10.2. The van der Waals surface area contributed by atoms with E-state index in [1.807, 2.05) is 12.1 Å². The molecule has 0 bridgehead atoms. The first-order valence-electron chi connectivity index (χ1n) is 10.1. The Labute approximate surface area is 182 Å². The molecule has 0 unspecified atom stereocenters. The Kier molecular flexibility index (Phi) is 7.59. The molecule has 0 atom stereocenters. The van der Waals surface area contributed by atoms with E-state index in [9.17, 15) is 9.59 Å². The van der Waals surface area contributed by atoms with Crippen molar-refractivity contribution in [3.05, 3.63) is 42.5 Å². The van der Waals surface area contributed by atoms with Gasteiger partial charge in [0.05, 0.1) is 27.0 Å². The van der Waals surface area contributed by atoms with Gasteiger partial charge in [0.15, 0.2) is 18.1 Å². The second kappa shape index (κ2) is 10.6. The summed E-state index contributed by atoms with van der Waals surface area (Å²) in [5.41, 5.74) is 0.553. The van der Waals surface area contributed by atoms with Crippen LogP contribution in [0.4, 0.5) is 5.69 Å². The first kappa shape index (κ1) is 22.3. The smallest absolute Gasteiger partial charge is 0.260 e. The number of carbonyl (C=O) groups is 2. The van der Waals surface area contributed by atoms with Gasteiger partial charge in [-0.1, -0.05) is 12.1 Å². The zero-order chi connectivity index (χ0) is 22.2. The predicted octanol–water partition coefficient (Wildman–Crippen LogP) is 3.11. The van der Waals surface area contributed by atoms with Crippen molar-refractivity contribution in [1.29, 1.82) is 0 Å². The molecule has 31 heavy (non-hydrogen) atoms. The predicted molar refractivity (Wildman–Crippen MR) is 116 cm³/mol. The lowest BCUT2D eigenvalue weighted by Gasteiger charge is -2.22. The summed E-state index contributed by atoms with van der Waals surface area (Å²) in [5, 5.41) is 2.83. The second-order valence-corrected chi connectivity index (χ2v) is 7.12. The number of hydrogen-bond acceptors (Lipinski definition) is 6. The van der Waals surface area contributed by atoms with Crippen LogP contribution in [0.3, 0.4) is 0 Å². The fraction of sp³-hybridized carbons (Fsp3) is 0.391. The molecule has 1 saturated carbocycles. The summed E-state index contributed by atoms with van der Waals surface area (Å²) in [7, 11) is 4.64. The topological polar surface area (TPSA) is 86.3 Å². The SMILES string of the molecule is COc1ccc(NC(=O)CCN(C(=O)COc2ccccc2OC)C2CC2)c(OC)c1. The van der Waals surface area contributed by atoms with E-state index in [0.717, 1.165) is 12.8 Å². The van der Waals surface area contributed by atoms with Crippen LogP contribution in [0.15, 0.2) is 42.5 Å². The summed E-state index contributed by atoms with van der Waals surface area (Å²) in [4.78, 5) is 26.9. The quantitative estimate of drug-likeness (QED) is 0.592. The van der Waals surface area contributed by atoms with Crippen molar-refractivity contribution in [1.82, 2.24) is 4.90 Å². The molecule has 0 heterocycles. The van der Waals surface area contributed by atoms with Crippen LogP contribution in [0.5, 0.6) is 23.0 Å². The molecule has 166 valence electrons. The van der Waals surface area contributed by atoms with Crippen LogP contribution < -0.4 is 24.3 Å². The summed E-state index contributed by atoms with van der Waals surface area (Å²) in [6, 6.07) is 12.5. The normalized spacial score (nSPS) is 12.6. The molecule has 2 aromatic carbocycles. The maximum Gasteiger partial charge on any atom is 0.260 e. The molecule has 0 radical (unpaired) electrons. The number of para-hydroxylation sites is 2. The minimum Gasteiger partial charge on any atom is -0.497 e. The Hall–Kier alpha value is -3.42. The average molecular weight is 428 g/mol. The van der Waals surface area contributed by atoms with Crippen molar-refractivity contribution in [2.75, 3.05) is 39.8 Å². The lowest BCUT2D eigenvalue weighted by Crippen LogP contribution is -2.38. The van der Waals surface area contributed by atoms with Crippen molar-refractivity contribution in [2.24, 2.45) is 0 Å². The first-order chi connectivity index (χ1) is 15.0. The highest BCUT2D eigenvalue weighted by Gasteiger charge is 2.33. The van der Waals surface area contributed by atoms with Crippen molar-refractivity contribution in [3.8, 4) is 23.0 Å². The van der Waals surface area contributed by atoms with Gasteiger partial charge in [0.25, 0.3) is 5.91 Å². The summed E-state index contributed by atoms with van der Waals surface area (Å²) in [6.07, 6.45) is 2.05. The summed E-state index contributed by atoms with van der Waals surface area (Å²) in [5.74, 6) is 1.87. The molecule has 8 nitrogen and oxygen atoms in total. The van der Waals surface area contributed by atoms with E-state index in [1.165, 1.54) is 7.11 Å². The number of methoxy groups -OCH3 is 3. The van der Waals surface area contributed by atoms with Gasteiger partial charge >= 0.3 is 0 Å². The van der Waals surface area contributed by atoms with Crippen LogP contribution in [-0.4, -0.2) is 57.2 Å². The number of nitrogens with zero attached hydrogens (tertiary/aromatic N) is 1. The molecule has 1 aliphatic carbocycles.